The molecule has 1 atom stereocenters. The van der Waals surface area contributed by atoms with E-state index < -0.39 is 0 Å². The topological polar surface area (TPSA) is 49.8 Å². The Bertz CT molecular complexity index is 392. The van der Waals surface area contributed by atoms with E-state index in [2.05, 4.69) is 6.92 Å². The van der Waals surface area contributed by atoms with Gasteiger partial charge in [0.15, 0.2) is 6.61 Å². The zero-order valence-corrected chi connectivity index (χ0v) is 11.2. The number of nitrogens with zero attached hydrogens (tertiary/aromatic N) is 1. The molecule has 1 rings (SSSR count). The molecule has 1 amide bonds. The third-order valence-corrected chi connectivity index (χ3v) is 2.99. The van der Waals surface area contributed by atoms with Gasteiger partial charge in [0.1, 0.15) is 5.75 Å². The summed E-state index contributed by atoms with van der Waals surface area (Å²) in [4.78, 5) is 13.3. The van der Waals surface area contributed by atoms with Crippen molar-refractivity contribution in [3.05, 3.63) is 29.8 Å². The second-order valence-electron chi connectivity index (χ2n) is 4.33. The van der Waals surface area contributed by atoms with E-state index in [0.717, 1.165) is 6.42 Å². The van der Waals surface area contributed by atoms with Crippen molar-refractivity contribution < 1.29 is 14.6 Å². The molecule has 0 aliphatic carbocycles. The zero-order chi connectivity index (χ0) is 13.5. The molecule has 1 aromatic rings. The SMILES string of the molecule is CCc1cccc(OCC(=O)N(C)C(C)CO)c1. The van der Waals surface area contributed by atoms with Crippen LogP contribution in [0.4, 0.5) is 0 Å². The van der Waals surface area contributed by atoms with E-state index in [1.807, 2.05) is 24.3 Å². The van der Waals surface area contributed by atoms with Gasteiger partial charge in [-0.1, -0.05) is 19.1 Å². The maximum absolute atomic E-state index is 11.8. The van der Waals surface area contributed by atoms with Crippen LogP contribution in [0.25, 0.3) is 0 Å². The molecule has 0 saturated heterocycles. The molecule has 0 aliphatic rings. The van der Waals surface area contributed by atoms with Gasteiger partial charge in [0, 0.05) is 7.05 Å². The van der Waals surface area contributed by atoms with Crippen molar-refractivity contribution in [2.75, 3.05) is 20.3 Å². The van der Waals surface area contributed by atoms with Crippen LogP contribution in [0.3, 0.4) is 0 Å². The Morgan fingerprint density at radius 2 is 2.22 bits per heavy atom. The molecule has 18 heavy (non-hydrogen) atoms. The van der Waals surface area contributed by atoms with Gasteiger partial charge in [0.25, 0.3) is 5.91 Å². The highest BCUT2D eigenvalue weighted by Gasteiger charge is 2.15. The molecule has 4 nitrogen and oxygen atoms in total. The second-order valence-corrected chi connectivity index (χ2v) is 4.33. The third-order valence-electron chi connectivity index (χ3n) is 2.99. The average molecular weight is 251 g/mol. The van der Waals surface area contributed by atoms with Gasteiger partial charge < -0.3 is 14.7 Å². The summed E-state index contributed by atoms with van der Waals surface area (Å²) in [5.74, 6) is 0.561. The molecule has 0 saturated carbocycles. The number of amides is 1. The van der Waals surface area contributed by atoms with E-state index in [9.17, 15) is 4.79 Å². The predicted molar refractivity (Wildman–Crippen MR) is 70.6 cm³/mol. The molecule has 0 aromatic heterocycles. The molecule has 0 aliphatic heterocycles. The van der Waals surface area contributed by atoms with Crippen molar-refractivity contribution in [2.24, 2.45) is 0 Å². The van der Waals surface area contributed by atoms with Crippen LogP contribution in [0.1, 0.15) is 19.4 Å². The maximum atomic E-state index is 11.8. The van der Waals surface area contributed by atoms with Crippen molar-refractivity contribution in [1.82, 2.24) is 4.90 Å². The predicted octanol–water partition coefficient (Wildman–Crippen LogP) is 1.47. The molecule has 4 heteroatoms. The Morgan fingerprint density at radius 3 is 2.83 bits per heavy atom. The Kier molecular flexibility index (Phi) is 5.65. The maximum Gasteiger partial charge on any atom is 0.260 e. The number of aryl methyl sites for hydroxylation is 1. The lowest BCUT2D eigenvalue weighted by molar-refractivity contribution is -0.134. The first-order valence-corrected chi connectivity index (χ1v) is 6.16. The number of ether oxygens (including phenoxy) is 1. The summed E-state index contributed by atoms with van der Waals surface area (Å²) < 4.78 is 5.45. The van der Waals surface area contributed by atoms with Crippen LogP contribution in [0.5, 0.6) is 5.75 Å². The average Bonchev–Trinajstić information content (AvgIpc) is 2.43. The zero-order valence-electron chi connectivity index (χ0n) is 11.2. The Hall–Kier alpha value is -1.55. The Labute approximate surface area is 108 Å². The van der Waals surface area contributed by atoms with E-state index >= 15 is 0 Å². The summed E-state index contributed by atoms with van der Waals surface area (Å²) in [6.45, 7) is 3.80. The first-order valence-electron chi connectivity index (χ1n) is 6.16. The fourth-order valence-electron chi connectivity index (χ4n) is 1.47. The lowest BCUT2D eigenvalue weighted by Crippen LogP contribution is -2.40. The lowest BCUT2D eigenvalue weighted by Gasteiger charge is -2.23. The number of likely N-dealkylation sites (N-methyl/N-ethyl adjacent to an activating group) is 1. The number of carbonyl (C=O) groups is 1. The molecule has 1 aromatic carbocycles. The van der Waals surface area contributed by atoms with Crippen LogP contribution in [0.15, 0.2) is 24.3 Å². The van der Waals surface area contributed by atoms with Crippen LogP contribution in [0.2, 0.25) is 0 Å². The summed E-state index contributed by atoms with van der Waals surface area (Å²) in [6, 6.07) is 7.51. The van der Waals surface area contributed by atoms with Crippen LogP contribution >= 0.6 is 0 Å². The number of carbonyl (C=O) groups excluding carboxylic acids is 1. The van der Waals surface area contributed by atoms with Crippen molar-refractivity contribution >= 4 is 5.91 Å². The summed E-state index contributed by atoms with van der Waals surface area (Å²) in [5, 5.41) is 8.97. The molecule has 0 fully saturated rings. The van der Waals surface area contributed by atoms with E-state index in [1.54, 1.807) is 14.0 Å². The van der Waals surface area contributed by atoms with Gasteiger partial charge in [0.2, 0.25) is 0 Å². The molecule has 0 radical (unpaired) electrons. The van der Waals surface area contributed by atoms with Crippen LogP contribution in [0, 0.1) is 0 Å². The van der Waals surface area contributed by atoms with Gasteiger partial charge in [-0.2, -0.15) is 0 Å². The molecule has 0 heterocycles. The summed E-state index contributed by atoms with van der Waals surface area (Å²) in [6.07, 6.45) is 0.937. The molecule has 1 N–H and O–H groups in total. The number of benzene rings is 1. The molecular formula is C14H21NO3. The number of aliphatic hydroxyl groups excluding tert-OH is 1. The summed E-state index contributed by atoms with van der Waals surface area (Å²) in [7, 11) is 1.66. The normalized spacial score (nSPS) is 12.0. The minimum absolute atomic E-state index is 0.00594. The largest absolute Gasteiger partial charge is 0.484 e. The van der Waals surface area contributed by atoms with Gasteiger partial charge in [-0.3, -0.25) is 4.79 Å². The molecule has 1 unspecified atom stereocenters. The third kappa shape index (κ3) is 4.04. The van der Waals surface area contributed by atoms with E-state index in [1.165, 1.54) is 10.5 Å². The van der Waals surface area contributed by atoms with Crippen LogP contribution in [-0.4, -0.2) is 42.2 Å². The van der Waals surface area contributed by atoms with Crippen molar-refractivity contribution in [2.45, 2.75) is 26.3 Å². The van der Waals surface area contributed by atoms with Crippen molar-refractivity contribution in [1.29, 1.82) is 0 Å². The van der Waals surface area contributed by atoms with Gasteiger partial charge >= 0.3 is 0 Å². The van der Waals surface area contributed by atoms with E-state index in [-0.39, 0.29) is 25.2 Å². The molecule has 0 bridgehead atoms. The number of rotatable bonds is 6. The minimum Gasteiger partial charge on any atom is -0.484 e. The van der Waals surface area contributed by atoms with Gasteiger partial charge in [0.05, 0.1) is 12.6 Å². The quantitative estimate of drug-likeness (QED) is 0.833. The van der Waals surface area contributed by atoms with Crippen molar-refractivity contribution in [3.63, 3.8) is 0 Å². The highest BCUT2D eigenvalue weighted by atomic mass is 16.5. The number of hydrogen-bond donors (Lipinski definition) is 1. The molecule has 0 spiro atoms. The fourth-order valence-corrected chi connectivity index (χ4v) is 1.47. The van der Waals surface area contributed by atoms with Gasteiger partial charge in [-0.15, -0.1) is 0 Å². The minimum atomic E-state index is -0.192. The second kappa shape index (κ2) is 7.01. The van der Waals surface area contributed by atoms with E-state index in [0.29, 0.717) is 5.75 Å². The van der Waals surface area contributed by atoms with E-state index in [4.69, 9.17) is 9.84 Å². The van der Waals surface area contributed by atoms with Gasteiger partial charge in [-0.05, 0) is 31.0 Å². The highest BCUT2D eigenvalue weighted by molar-refractivity contribution is 5.77. The van der Waals surface area contributed by atoms with Gasteiger partial charge in [-0.25, -0.2) is 0 Å². The Morgan fingerprint density at radius 1 is 1.50 bits per heavy atom. The Balaban J connectivity index is 2.51. The smallest absolute Gasteiger partial charge is 0.260 e. The lowest BCUT2D eigenvalue weighted by atomic mass is 10.2. The summed E-state index contributed by atoms with van der Waals surface area (Å²) >= 11 is 0. The summed E-state index contributed by atoms with van der Waals surface area (Å²) in [5.41, 5.74) is 1.18. The highest BCUT2D eigenvalue weighted by Crippen LogP contribution is 2.13. The standard InChI is InChI=1S/C14H21NO3/c1-4-12-6-5-7-13(8-12)18-10-14(17)15(3)11(2)9-16/h5-8,11,16H,4,9-10H2,1-3H3. The first-order chi connectivity index (χ1) is 8.58. The molecular weight excluding hydrogens is 230 g/mol. The van der Waals surface area contributed by atoms with Crippen LogP contribution < -0.4 is 4.74 Å². The van der Waals surface area contributed by atoms with Crippen molar-refractivity contribution in [3.8, 4) is 5.75 Å². The number of hydrogen-bond acceptors (Lipinski definition) is 3. The first kappa shape index (κ1) is 14.5. The van der Waals surface area contributed by atoms with Crippen LogP contribution in [-0.2, 0) is 11.2 Å². The molecule has 100 valence electrons. The number of aliphatic hydroxyl groups is 1. The monoisotopic (exact) mass is 251 g/mol. The fraction of sp³-hybridized carbons (Fsp3) is 0.500.